The lowest BCUT2D eigenvalue weighted by Crippen LogP contribution is -2.24. The van der Waals surface area contributed by atoms with Crippen LogP contribution in [0.1, 0.15) is 30.0 Å². The number of hydroxylamine groups is 2. The minimum Gasteiger partial charge on any atom is -0.482 e. The van der Waals surface area contributed by atoms with Crippen LogP contribution in [-0.2, 0) is 13.6 Å². The third-order valence-corrected chi connectivity index (χ3v) is 4.74. The van der Waals surface area contributed by atoms with Crippen molar-refractivity contribution in [3.05, 3.63) is 53.2 Å². The highest BCUT2D eigenvalue weighted by molar-refractivity contribution is 5.73. The third-order valence-electron chi connectivity index (χ3n) is 4.74. The van der Waals surface area contributed by atoms with Gasteiger partial charge in [-0.15, -0.1) is 5.06 Å². The summed E-state index contributed by atoms with van der Waals surface area (Å²) >= 11 is 0. The highest BCUT2D eigenvalue weighted by atomic mass is 19.1. The zero-order valence-electron chi connectivity index (χ0n) is 16.2. The number of anilines is 1. The summed E-state index contributed by atoms with van der Waals surface area (Å²) in [6.07, 6.45) is 1.02. The van der Waals surface area contributed by atoms with Gasteiger partial charge in [0.2, 0.25) is 0 Å². The minimum atomic E-state index is -0.559. The summed E-state index contributed by atoms with van der Waals surface area (Å²) in [4.78, 5) is 10.2. The van der Waals surface area contributed by atoms with E-state index in [0.717, 1.165) is 0 Å². The molecular formula is C20H19FN6O2. The largest absolute Gasteiger partial charge is 0.482 e. The number of rotatable bonds is 0. The molecule has 2 N–H and O–H groups in total. The molecule has 1 aliphatic heterocycles. The highest BCUT2D eigenvalue weighted by Gasteiger charge is 2.24. The number of hydrogen-bond acceptors (Lipinski definition) is 7. The number of pyridine rings is 1. The first-order valence-corrected chi connectivity index (χ1v) is 8.94. The molecule has 0 saturated heterocycles. The lowest BCUT2D eigenvalue weighted by atomic mass is 10.0. The number of nitrogens with two attached hydrogens (primary N) is 1. The van der Waals surface area contributed by atoms with E-state index in [4.69, 9.17) is 15.3 Å². The lowest BCUT2D eigenvalue weighted by molar-refractivity contribution is -0.0433. The van der Waals surface area contributed by atoms with Crippen molar-refractivity contribution in [2.75, 3.05) is 12.8 Å². The van der Waals surface area contributed by atoms with Crippen LogP contribution in [0.4, 0.5) is 10.2 Å². The van der Waals surface area contributed by atoms with Crippen LogP contribution in [0, 0.1) is 17.1 Å². The van der Waals surface area contributed by atoms with Crippen LogP contribution >= 0.6 is 0 Å². The van der Waals surface area contributed by atoms with Crippen molar-refractivity contribution in [1.29, 1.82) is 5.26 Å². The Hall–Kier alpha value is -3.64. The van der Waals surface area contributed by atoms with Crippen LogP contribution < -0.4 is 15.3 Å². The van der Waals surface area contributed by atoms with Crippen molar-refractivity contribution >= 4 is 5.82 Å². The Balaban J connectivity index is 1.93. The zero-order chi connectivity index (χ0) is 20.7. The monoisotopic (exact) mass is 394 g/mol. The van der Waals surface area contributed by atoms with E-state index >= 15 is 0 Å². The number of nitriles is 1. The molecule has 1 atom stereocenters. The molecule has 2 aromatic heterocycles. The fraction of sp³-hybridized carbons (Fsp3) is 0.250. The molecule has 3 aromatic rings. The molecule has 148 valence electrons. The van der Waals surface area contributed by atoms with Gasteiger partial charge in [0, 0.05) is 37.0 Å². The summed E-state index contributed by atoms with van der Waals surface area (Å²) < 4.78 is 21.4. The van der Waals surface area contributed by atoms with E-state index in [-0.39, 0.29) is 12.4 Å². The predicted octanol–water partition coefficient (Wildman–Crippen LogP) is 2.95. The summed E-state index contributed by atoms with van der Waals surface area (Å²) in [6.45, 7) is 2.06. The van der Waals surface area contributed by atoms with Crippen molar-refractivity contribution < 1.29 is 14.0 Å². The zero-order valence-corrected chi connectivity index (χ0v) is 16.2. The summed E-state index contributed by atoms with van der Waals surface area (Å²) in [6, 6.07) is 8.14. The number of hydrogen-bond donors (Lipinski definition) is 1. The normalized spacial score (nSPS) is 16.3. The van der Waals surface area contributed by atoms with Crippen LogP contribution in [0.15, 0.2) is 30.5 Å². The molecule has 0 saturated carbocycles. The molecule has 2 bridgehead atoms. The predicted molar refractivity (Wildman–Crippen MR) is 103 cm³/mol. The van der Waals surface area contributed by atoms with Crippen LogP contribution in [0.25, 0.3) is 11.1 Å². The van der Waals surface area contributed by atoms with E-state index < -0.39 is 11.9 Å². The van der Waals surface area contributed by atoms with E-state index in [1.165, 1.54) is 16.8 Å². The van der Waals surface area contributed by atoms with Crippen molar-refractivity contribution in [2.45, 2.75) is 19.6 Å². The first-order chi connectivity index (χ1) is 13.9. The fourth-order valence-electron chi connectivity index (χ4n) is 3.39. The van der Waals surface area contributed by atoms with E-state index in [1.54, 1.807) is 44.4 Å². The number of fused-ring (bicyclic) bond motifs is 5. The van der Waals surface area contributed by atoms with Gasteiger partial charge in [0.15, 0.2) is 17.3 Å². The van der Waals surface area contributed by atoms with Gasteiger partial charge >= 0.3 is 0 Å². The van der Waals surface area contributed by atoms with Gasteiger partial charge in [0.05, 0.1) is 12.2 Å². The second-order valence-electron chi connectivity index (χ2n) is 6.83. The first kappa shape index (κ1) is 18.7. The van der Waals surface area contributed by atoms with Gasteiger partial charge in [-0.05, 0) is 31.2 Å². The SMILES string of the molecule is C[C@H]1Oc2cc(cnc2N)-c2c(nn(C)c2C#N)CN(C)Oc2ccc(F)cc21. The molecule has 1 aromatic carbocycles. The second kappa shape index (κ2) is 7.07. The topological polar surface area (TPSA) is 102 Å². The molecule has 8 nitrogen and oxygen atoms in total. The van der Waals surface area contributed by atoms with Crippen LogP contribution in [0.2, 0.25) is 0 Å². The van der Waals surface area contributed by atoms with Gasteiger partial charge in [0.25, 0.3) is 0 Å². The lowest BCUT2D eigenvalue weighted by Gasteiger charge is -2.24. The molecule has 0 spiro atoms. The van der Waals surface area contributed by atoms with Gasteiger partial charge in [-0.25, -0.2) is 9.37 Å². The molecule has 29 heavy (non-hydrogen) atoms. The van der Waals surface area contributed by atoms with Gasteiger partial charge in [-0.2, -0.15) is 10.4 Å². The highest BCUT2D eigenvalue weighted by Crippen LogP contribution is 2.37. The van der Waals surface area contributed by atoms with Crippen molar-refractivity contribution in [3.8, 4) is 28.7 Å². The van der Waals surface area contributed by atoms with E-state index in [1.807, 2.05) is 0 Å². The van der Waals surface area contributed by atoms with Gasteiger partial charge in [-0.1, -0.05) is 0 Å². The molecule has 1 aliphatic rings. The maximum absolute atomic E-state index is 13.9. The maximum atomic E-state index is 13.9. The Labute approximate surface area is 166 Å². The Morgan fingerprint density at radius 1 is 1.28 bits per heavy atom. The van der Waals surface area contributed by atoms with Crippen LogP contribution in [-0.4, -0.2) is 26.9 Å². The Bertz CT molecular complexity index is 1140. The van der Waals surface area contributed by atoms with E-state index in [2.05, 4.69) is 16.2 Å². The van der Waals surface area contributed by atoms with Gasteiger partial charge in [-0.3, -0.25) is 4.68 Å². The van der Waals surface area contributed by atoms with Gasteiger partial charge in [0.1, 0.15) is 23.7 Å². The Morgan fingerprint density at radius 2 is 2.07 bits per heavy atom. The molecule has 0 aliphatic carbocycles. The van der Waals surface area contributed by atoms with Gasteiger partial charge < -0.3 is 15.3 Å². The van der Waals surface area contributed by atoms with Crippen LogP contribution in [0.5, 0.6) is 11.5 Å². The summed E-state index contributed by atoms with van der Waals surface area (Å²) in [7, 11) is 3.44. The molecular weight excluding hydrogens is 375 g/mol. The average Bonchev–Trinajstić information content (AvgIpc) is 2.98. The fourth-order valence-corrected chi connectivity index (χ4v) is 3.39. The Morgan fingerprint density at radius 3 is 2.83 bits per heavy atom. The molecule has 9 heteroatoms. The smallest absolute Gasteiger partial charge is 0.166 e. The van der Waals surface area contributed by atoms with Crippen molar-refractivity contribution in [3.63, 3.8) is 0 Å². The van der Waals surface area contributed by atoms with Crippen molar-refractivity contribution in [1.82, 2.24) is 19.8 Å². The standard InChI is InChI=1S/C20H19FN6O2/c1-11-14-7-13(21)4-5-17(14)29-26(2)10-15-19(16(8-22)27(3)25-15)12-6-18(28-11)20(23)24-9-12/h4-7,9,11H,10H2,1-3H3,(H2,23,24)/t11-/m1/s1. The molecule has 3 heterocycles. The number of aromatic nitrogens is 3. The molecule has 0 amide bonds. The van der Waals surface area contributed by atoms with E-state index in [0.29, 0.717) is 39.6 Å². The molecule has 4 rings (SSSR count). The number of nitrogens with zero attached hydrogens (tertiary/aromatic N) is 5. The first-order valence-electron chi connectivity index (χ1n) is 8.94. The number of aryl methyl sites for hydroxylation is 1. The number of halogens is 1. The Kier molecular flexibility index (Phi) is 4.56. The molecule has 0 radical (unpaired) electrons. The minimum absolute atomic E-state index is 0.192. The summed E-state index contributed by atoms with van der Waals surface area (Å²) in [5.74, 6) is 0.571. The quantitative estimate of drug-likeness (QED) is 0.625. The molecule has 0 fully saturated rings. The average molecular weight is 394 g/mol. The summed E-state index contributed by atoms with van der Waals surface area (Å²) in [5.41, 5.74) is 8.83. The van der Waals surface area contributed by atoms with Crippen LogP contribution in [0.3, 0.4) is 0 Å². The number of nitrogen functional groups attached to an aromatic ring is 1. The van der Waals surface area contributed by atoms with Crippen molar-refractivity contribution in [2.24, 2.45) is 7.05 Å². The number of benzene rings is 1. The number of ether oxygens (including phenoxy) is 1. The molecule has 0 unspecified atom stereocenters. The third kappa shape index (κ3) is 3.34. The second-order valence-corrected chi connectivity index (χ2v) is 6.83. The maximum Gasteiger partial charge on any atom is 0.166 e. The summed E-state index contributed by atoms with van der Waals surface area (Å²) in [5, 5.41) is 15.7. The van der Waals surface area contributed by atoms with E-state index in [9.17, 15) is 9.65 Å².